The quantitative estimate of drug-likeness (QED) is 0.494. The molecule has 0 aromatic rings. The molecule has 0 heterocycles. The Bertz CT molecular complexity index is 576. The van der Waals surface area contributed by atoms with Gasteiger partial charge in [-0.2, -0.15) is 57.1 Å². The fourth-order valence-electron chi connectivity index (χ4n) is 0.791. The fourth-order valence-corrected chi connectivity index (χ4v) is 1.12. The molecule has 0 rings (SSSR count). The summed E-state index contributed by atoms with van der Waals surface area (Å²) in [5, 5.41) is -7.22. The second kappa shape index (κ2) is 5.48. The first-order valence-corrected chi connectivity index (χ1v) is 5.98. The van der Waals surface area contributed by atoms with E-state index in [1.807, 2.05) is 0 Å². The molecule has 0 radical (unpaired) electrons. The number of ether oxygens (including phenoxy) is 1. The summed E-state index contributed by atoms with van der Waals surface area (Å²) in [5.41, 5.74) is 0. The molecule has 0 amide bonds. The third kappa shape index (κ3) is 3.35. The fraction of sp³-hybridized carbons (Fsp3) is 1.00. The monoisotopic (exact) mass is 415 g/mol. The van der Waals surface area contributed by atoms with E-state index in [0.29, 0.717) is 0 Å². The summed E-state index contributed by atoms with van der Waals surface area (Å²) in [6.45, 7) is 0. The lowest BCUT2D eigenvalue weighted by atomic mass is 10.1. The standard InChI is InChI=1S/C6HF13O4S/c7-1(8,3(11,12)13)2(9,10)4(14,15)23-5(16,17)6(18,19)24(20,21)22/h(H,20,21,22)/p-1. The maximum Gasteiger partial charge on any atom is 0.460 e. The van der Waals surface area contributed by atoms with E-state index in [9.17, 15) is 70.0 Å². The molecule has 0 atom stereocenters. The zero-order valence-corrected chi connectivity index (χ0v) is 10.8. The van der Waals surface area contributed by atoms with Crippen LogP contribution in [0.5, 0.6) is 0 Å². The third-order valence-corrected chi connectivity index (χ3v) is 2.89. The SMILES string of the molecule is O=S(=O)([O-])C(F)(F)C(F)(F)OC(F)(F)C(F)(F)C(F)(F)C(F)(F)F. The van der Waals surface area contributed by atoms with Crippen molar-refractivity contribution in [1.29, 1.82) is 0 Å². The highest BCUT2D eigenvalue weighted by atomic mass is 32.2. The van der Waals surface area contributed by atoms with E-state index in [4.69, 9.17) is 0 Å². The van der Waals surface area contributed by atoms with Gasteiger partial charge in [0, 0.05) is 0 Å². The normalized spacial score (nSPS) is 16.4. The highest BCUT2D eigenvalue weighted by Crippen LogP contribution is 2.55. The lowest BCUT2D eigenvalue weighted by Gasteiger charge is -2.36. The smallest absolute Gasteiger partial charge is 0.460 e. The maximum atomic E-state index is 12.6. The highest BCUT2D eigenvalue weighted by Gasteiger charge is 2.85. The van der Waals surface area contributed by atoms with Gasteiger partial charge in [-0.25, -0.2) is 13.2 Å². The molecule has 0 aliphatic carbocycles. The van der Waals surface area contributed by atoms with Crippen molar-refractivity contribution in [3.8, 4) is 0 Å². The van der Waals surface area contributed by atoms with E-state index in [-0.39, 0.29) is 0 Å². The van der Waals surface area contributed by atoms with Gasteiger partial charge in [0.05, 0.1) is 0 Å². The first-order valence-electron chi connectivity index (χ1n) is 4.57. The molecule has 0 aliphatic rings. The number of alkyl halides is 13. The molecule has 0 N–H and O–H groups in total. The summed E-state index contributed by atoms with van der Waals surface area (Å²) in [6.07, 6.45) is -22.6. The molecule has 0 spiro atoms. The predicted octanol–water partition coefficient (Wildman–Crippen LogP) is 3.16. The van der Waals surface area contributed by atoms with Crippen molar-refractivity contribution in [2.75, 3.05) is 0 Å². The zero-order valence-electron chi connectivity index (χ0n) is 9.95. The Labute approximate surface area is 121 Å². The van der Waals surface area contributed by atoms with Gasteiger partial charge in [-0.15, -0.1) is 0 Å². The van der Waals surface area contributed by atoms with E-state index < -0.39 is 45.6 Å². The Kier molecular flexibility index (Phi) is 5.24. The first kappa shape index (κ1) is 23.0. The van der Waals surface area contributed by atoms with Gasteiger partial charge in [0.1, 0.15) is 0 Å². The van der Waals surface area contributed by atoms with Crippen molar-refractivity contribution in [3.63, 3.8) is 0 Å². The van der Waals surface area contributed by atoms with E-state index in [0.717, 1.165) is 0 Å². The van der Waals surface area contributed by atoms with E-state index in [1.165, 1.54) is 4.74 Å². The van der Waals surface area contributed by atoms with Crippen LogP contribution in [0.2, 0.25) is 0 Å². The molecule has 146 valence electrons. The van der Waals surface area contributed by atoms with Crippen LogP contribution in [0.25, 0.3) is 0 Å². The van der Waals surface area contributed by atoms with Crippen LogP contribution < -0.4 is 0 Å². The van der Waals surface area contributed by atoms with Gasteiger partial charge in [0.15, 0.2) is 10.1 Å². The second-order valence-corrected chi connectivity index (χ2v) is 5.17. The van der Waals surface area contributed by atoms with Crippen LogP contribution in [0, 0.1) is 0 Å². The molecule has 0 bridgehead atoms. The van der Waals surface area contributed by atoms with Gasteiger partial charge in [-0.1, -0.05) is 0 Å². The third-order valence-electron chi connectivity index (χ3n) is 2.03. The Morgan fingerprint density at radius 1 is 0.625 bits per heavy atom. The molecule has 0 aliphatic heterocycles. The summed E-state index contributed by atoms with van der Waals surface area (Å²) in [5.74, 6) is -15.7. The largest absolute Gasteiger partial charge is 0.743 e. The molecule has 0 saturated heterocycles. The number of halogens is 13. The summed E-state index contributed by atoms with van der Waals surface area (Å²) >= 11 is 0. The van der Waals surface area contributed by atoms with E-state index in [2.05, 4.69) is 0 Å². The minimum absolute atomic E-state index is 1.24. The van der Waals surface area contributed by atoms with Crippen LogP contribution in [0.4, 0.5) is 57.1 Å². The number of hydrogen-bond acceptors (Lipinski definition) is 4. The topological polar surface area (TPSA) is 66.4 Å². The highest BCUT2D eigenvalue weighted by molar-refractivity contribution is 7.86. The van der Waals surface area contributed by atoms with Crippen LogP contribution in [0.15, 0.2) is 0 Å². The lowest BCUT2D eigenvalue weighted by molar-refractivity contribution is -0.495. The zero-order chi connectivity index (χ0) is 20.2. The van der Waals surface area contributed by atoms with Crippen LogP contribution in [-0.4, -0.2) is 48.5 Å². The average molecular weight is 415 g/mol. The van der Waals surface area contributed by atoms with Crippen molar-refractivity contribution in [2.45, 2.75) is 35.5 Å². The van der Waals surface area contributed by atoms with E-state index >= 15 is 0 Å². The van der Waals surface area contributed by atoms with Gasteiger partial charge in [0.2, 0.25) is 0 Å². The van der Waals surface area contributed by atoms with Gasteiger partial charge in [0.25, 0.3) is 0 Å². The van der Waals surface area contributed by atoms with Crippen molar-refractivity contribution >= 4 is 10.1 Å². The van der Waals surface area contributed by atoms with Crippen LogP contribution >= 0.6 is 0 Å². The number of hydrogen-bond donors (Lipinski definition) is 0. The molecular weight excluding hydrogens is 415 g/mol. The molecule has 0 fully saturated rings. The first-order chi connectivity index (χ1) is 9.96. The molecule has 0 aromatic heterocycles. The molecule has 4 nitrogen and oxygen atoms in total. The lowest BCUT2D eigenvalue weighted by Crippen LogP contribution is -2.64. The van der Waals surface area contributed by atoms with Gasteiger partial charge < -0.3 is 4.55 Å². The molecule has 24 heavy (non-hydrogen) atoms. The Balaban J connectivity index is 6.04. The molecule has 0 unspecified atom stereocenters. The van der Waals surface area contributed by atoms with Crippen molar-refractivity contribution in [2.24, 2.45) is 0 Å². The predicted molar refractivity (Wildman–Crippen MR) is 41.6 cm³/mol. The van der Waals surface area contributed by atoms with Gasteiger partial charge in [-0.05, 0) is 0 Å². The average Bonchev–Trinajstić information content (AvgIpc) is 2.23. The minimum atomic E-state index is -7.90. The number of rotatable bonds is 6. The molecule has 0 aromatic carbocycles. The summed E-state index contributed by atoms with van der Waals surface area (Å²) in [4.78, 5) is 0. The van der Waals surface area contributed by atoms with E-state index in [1.54, 1.807) is 0 Å². The summed E-state index contributed by atoms with van der Waals surface area (Å²) in [7, 11) is -7.59. The minimum Gasteiger partial charge on any atom is -0.743 e. The van der Waals surface area contributed by atoms with Crippen molar-refractivity contribution in [3.05, 3.63) is 0 Å². The van der Waals surface area contributed by atoms with Gasteiger partial charge >= 0.3 is 35.5 Å². The van der Waals surface area contributed by atoms with Crippen LogP contribution in [-0.2, 0) is 14.9 Å². The van der Waals surface area contributed by atoms with Crippen molar-refractivity contribution < 1.29 is 74.8 Å². The van der Waals surface area contributed by atoms with Crippen LogP contribution in [0.1, 0.15) is 0 Å². The Hall–Kier alpha value is -1.04. The van der Waals surface area contributed by atoms with Crippen LogP contribution in [0.3, 0.4) is 0 Å². The summed E-state index contributed by atoms with van der Waals surface area (Å²) < 4.78 is 190. The molecular formula is C6F13O4S-. The Morgan fingerprint density at radius 3 is 1.21 bits per heavy atom. The summed E-state index contributed by atoms with van der Waals surface area (Å²) in [6, 6.07) is 0. The molecule has 18 heteroatoms. The Morgan fingerprint density at radius 2 is 0.958 bits per heavy atom. The maximum absolute atomic E-state index is 12.6. The van der Waals surface area contributed by atoms with Gasteiger partial charge in [-0.3, -0.25) is 0 Å². The van der Waals surface area contributed by atoms with Crippen molar-refractivity contribution in [1.82, 2.24) is 0 Å². The second-order valence-electron chi connectivity index (χ2n) is 3.75. The molecule has 0 saturated carbocycles.